The topological polar surface area (TPSA) is 33.3 Å². The zero-order valence-electron chi connectivity index (χ0n) is 45.2. The van der Waals surface area contributed by atoms with Gasteiger partial charge in [-0.15, -0.1) is 0 Å². The van der Waals surface area contributed by atoms with Crippen LogP contribution in [0, 0.1) is 0 Å². The quantitative estimate of drug-likeness (QED) is 0.0724. The van der Waals surface area contributed by atoms with Gasteiger partial charge in [-0.3, -0.25) is 0 Å². The molecule has 9 aliphatic rings. The standard InChI is InChI=1S/2C28H53NP2.C4H8O.B/c2*1-5-13-25(14-6-1)30(26-15-7-2-8-16-26)23-21-29-22-24-31(27-17-9-3-10-18-27)28-19-11-4-12-20-28;1-2-4-5-3-1;/h2*25-29H,1-24H2;1-4H2;. The van der Waals surface area contributed by atoms with Crippen molar-refractivity contribution < 1.29 is 4.74 Å². The van der Waals surface area contributed by atoms with Gasteiger partial charge in [0.25, 0.3) is 0 Å². The lowest BCUT2D eigenvalue weighted by Gasteiger charge is -2.39. The summed E-state index contributed by atoms with van der Waals surface area (Å²) in [7, 11) is 1.16. The van der Waals surface area contributed by atoms with E-state index in [4.69, 9.17) is 4.74 Å². The third-order valence-electron chi connectivity index (χ3n) is 19.4. The van der Waals surface area contributed by atoms with Gasteiger partial charge in [0.1, 0.15) is 0 Å². The minimum atomic E-state index is 0. The van der Waals surface area contributed by atoms with Crippen molar-refractivity contribution in [2.24, 2.45) is 0 Å². The first-order valence-corrected chi connectivity index (χ1v) is 38.0. The molecule has 1 heterocycles. The van der Waals surface area contributed by atoms with Gasteiger partial charge in [-0.05, 0) is 212 Å². The SMILES string of the molecule is C1CCC(P(CCNCCP(C2CCCCC2)C2CCCCC2)C2CCCCC2)CC1.C1CCC(P(CCNCCP(C2CCCCC2)C2CCCCC2)C2CCCCC2)CC1.C1CCOC1.[B]. The van der Waals surface area contributed by atoms with Crippen molar-refractivity contribution in [3.63, 3.8) is 0 Å². The fraction of sp³-hybridized carbons (Fsp3) is 1.00. The maximum atomic E-state index is 4.94. The fourth-order valence-corrected chi connectivity index (χ4v) is 30.7. The van der Waals surface area contributed by atoms with E-state index in [1.165, 1.54) is 193 Å². The van der Waals surface area contributed by atoms with Crippen molar-refractivity contribution in [1.29, 1.82) is 0 Å². The Balaban J connectivity index is 0.000000200. The highest BCUT2D eigenvalue weighted by molar-refractivity contribution is 7.60. The second-order valence-corrected chi connectivity index (χ2v) is 35.9. The van der Waals surface area contributed by atoms with Crippen molar-refractivity contribution in [2.45, 2.75) is 315 Å². The Labute approximate surface area is 432 Å². The summed E-state index contributed by atoms with van der Waals surface area (Å²) in [6, 6.07) is 0. The van der Waals surface area contributed by atoms with E-state index in [0.29, 0.717) is 0 Å². The summed E-state index contributed by atoms with van der Waals surface area (Å²) in [6.45, 7) is 7.38. The van der Waals surface area contributed by atoms with E-state index in [0.717, 1.165) is 58.5 Å². The van der Waals surface area contributed by atoms with E-state index in [-0.39, 0.29) is 40.1 Å². The van der Waals surface area contributed by atoms with Crippen LogP contribution in [0.25, 0.3) is 0 Å². The van der Waals surface area contributed by atoms with Crippen LogP contribution in [-0.4, -0.2) is 118 Å². The number of hydrogen-bond acceptors (Lipinski definition) is 3. The van der Waals surface area contributed by atoms with Gasteiger partial charge in [-0.2, -0.15) is 0 Å². The predicted molar refractivity (Wildman–Crippen MR) is 314 cm³/mol. The molecule has 8 aliphatic carbocycles. The molecule has 0 aromatic carbocycles. The molecule has 3 nitrogen and oxygen atoms in total. The molecular formula is C60H114BN2OP4. The van der Waals surface area contributed by atoms with E-state index in [9.17, 15) is 0 Å². The first kappa shape index (κ1) is 58.9. The Kier molecular flexibility index (Phi) is 31.7. The van der Waals surface area contributed by atoms with Gasteiger partial charge in [-0.25, -0.2) is 0 Å². The monoisotopic (exact) mass is 1010 g/mol. The molecule has 8 saturated carbocycles. The molecule has 393 valence electrons. The number of rotatable bonds is 20. The zero-order chi connectivity index (χ0) is 45.8. The normalized spacial score (nSPS) is 25.6. The molecule has 68 heavy (non-hydrogen) atoms. The van der Waals surface area contributed by atoms with Crippen LogP contribution in [0.3, 0.4) is 0 Å². The summed E-state index contributed by atoms with van der Waals surface area (Å²) in [5.41, 5.74) is 9.08. The van der Waals surface area contributed by atoms with Crippen LogP contribution < -0.4 is 10.6 Å². The maximum Gasteiger partial charge on any atom is 0.0466 e. The summed E-state index contributed by atoms with van der Waals surface area (Å²) >= 11 is 0. The number of hydrogen-bond donors (Lipinski definition) is 2. The van der Waals surface area contributed by atoms with Crippen LogP contribution in [-0.2, 0) is 4.74 Å². The van der Waals surface area contributed by atoms with Gasteiger partial charge in [-0.1, -0.05) is 186 Å². The molecule has 3 radical (unpaired) electrons. The van der Waals surface area contributed by atoms with Crippen molar-refractivity contribution in [2.75, 3.05) is 64.0 Å². The van der Waals surface area contributed by atoms with E-state index in [1.54, 1.807) is 127 Å². The molecule has 0 amide bonds. The zero-order valence-corrected chi connectivity index (χ0v) is 48.7. The van der Waals surface area contributed by atoms with Crippen LogP contribution in [0.5, 0.6) is 0 Å². The van der Waals surface area contributed by atoms with Crippen LogP contribution >= 0.6 is 31.7 Å². The van der Waals surface area contributed by atoms with Crippen LogP contribution in [0.2, 0.25) is 0 Å². The van der Waals surface area contributed by atoms with E-state index in [2.05, 4.69) is 10.6 Å². The summed E-state index contributed by atoms with van der Waals surface area (Å²) in [5.74, 6) is 0. The fourth-order valence-electron chi connectivity index (χ4n) is 15.5. The largest absolute Gasteiger partial charge is 0.381 e. The summed E-state index contributed by atoms with van der Waals surface area (Å²) < 4.78 is 4.94. The molecule has 0 unspecified atom stereocenters. The molecule has 1 saturated heterocycles. The summed E-state index contributed by atoms with van der Waals surface area (Å²) in [4.78, 5) is 0. The molecule has 0 aromatic heterocycles. The van der Waals surface area contributed by atoms with E-state index in [1.807, 2.05) is 0 Å². The van der Waals surface area contributed by atoms with Crippen molar-refractivity contribution in [3.05, 3.63) is 0 Å². The van der Waals surface area contributed by atoms with Gasteiger partial charge < -0.3 is 15.4 Å². The van der Waals surface area contributed by atoms with Crippen LogP contribution in [0.4, 0.5) is 0 Å². The lowest BCUT2D eigenvalue weighted by molar-refractivity contribution is 0.198. The first-order valence-electron chi connectivity index (χ1n) is 31.4. The molecule has 8 heteroatoms. The highest BCUT2D eigenvalue weighted by atomic mass is 31.1. The van der Waals surface area contributed by atoms with E-state index >= 15 is 0 Å². The Bertz CT molecular complexity index is 932. The average Bonchev–Trinajstić information content (AvgIpc) is 4.02. The number of ether oxygens (including phenoxy) is 1. The van der Waals surface area contributed by atoms with Crippen molar-refractivity contribution in [3.8, 4) is 0 Å². The Morgan fingerprint density at radius 2 is 0.397 bits per heavy atom. The molecule has 9 rings (SSSR count). The van der Waals surface area contributed by atoms with Crippen LogP contribution in [0.1, 0.15) is 270 Å². The molecule has 1 aliphatic heterocycles. The lowest BCUT2D eigenvalue weighted by Crippen LogP contribution is -2.29. The van der Waals surface area contributed by atoms with Gasteiger partial charge in [0, 0.05) is 21.6 Å². The first-order chi connectivity index (χ1) is 33.3. The third-order valence-corrected chi connectivity index (χ3v) is 34.0. The Morgan fingerprint density at radius 3 is 0.529 bits per heavy atom. The molecule has 0 atom stereocenters. The second-order valence-electron chi connectivity index (χ2n) is 24.1. The van der Waals surface area contributed by atoms with Crippen molar-refractivity contribution in [1.82, 2.24) is 10.6 Å². The molecule has 2 N–H and O–H groups in total. The predicted octanol–water partition coefficient (Wildman–Crippen LogP) is 18.2. The minimum Gasteiger partial charge on any atom is -0.381 e. The van der Waals surface area contributed by atoms with Gasteiger partial charge in [0.05, 0.1) is 0 Å². The van der Waals surface area contributed by atoms with Crippen molar-refractivity contribution >= 4 is 40.1 Å². The van der Waals surface area contributed by atoms with Gasteiger partial charge in [0.2, 0.25) is 0 Å². The third kappa shape index (κ3) is 21.4. The molecule has 9 fully saturated rings. The second kappa shape index (κ2) is 36.6. The van der Waals surface area contributed by atoms with Gasteiger partial charge >= 0.3 is 0 Å². The summed E-state index contributed by atoms with van der Waals surface area (Å²) in [6.07, 6.45) is 70.8. The molecule has 0 aromatic rings. The Hall–Kier alpha value is 1.66. The van der Waals surface area contributed by atoms with E-state index < -0.39 is 0 Å². The smallest absolute Gasteiger partial charge is 0.0466 e. The Morgan fingerprint density at radius 1 is 0.235 bits per heavy atom. The maximum absolute atomic E-state index is 4.94. The minimum absolute atomic E-state index is 0. The van der Waals surface area contributed by atoms with Gasteiger partial charge in [0.15, 0.2) is 0 Å². The lowest BCUT2D eigenvalue weighted by atomic mass is 9.99. The van der Waals surface area contributed by atoms with Crippen LogP contribution in [0.15, 0.2) is 0 Å². The molecular weight excluding hydrogens is 899 g/mol. The molecule has 0 spiro atoms. The molecule has 0 bridgehead atoms. The summed E-state index contributed by atoms with van der Waals surface area (Å²) in [5, 5.41) is 8.07. The highest BCUT2D eigenvalue weighted by Gasteiger charge is 2.34. The highest BCUT2D eigenvalue weighted by Crippen LogP contribution is 2.59. The average molecular weight is 1010 g/mol. The number of nitrogens with one attached hydrogen (secondary N) is 2.